The molecule has 1 fully saturated rings. The van der Waals surface area contributed by atoms with Crippen LogP contribution in [0.3, 0.4) is 0 Å². The molecule has 3 nitrogen and oxygen atoms in total. The summed E-state index contributed by atoms with van der Waals surface area (Å²) >= 11 is 3.05. The second-order valence-electron chi connectivity index (χ2n) is 4.64. The van der Waals surface area contributed by atoms with E-state index >= 15 is 0 Å². The van der Waals surface area contributed by atoms with Gasteiger partial charge in [0.05, 0.1) is 11.1 Å². The SMILES string of the molecule is FC(F)(F)Oc1ccc(OCC2CCNCC2)cc1Br. The lowest BCUT2D eigenvalue weighted by Crippen LogP contribution is -2.30. The summed E-state index contributed by atoms with van der Waals surface area (Å²) < 4.78 is 46.1. The summed E-state index contributed by atoms with van der Waals surface area (Å²) in [6.45, 7) is 2.54. The van der Waals surface area contributed by atoms with Crippen LogP contribution in [0.1, 0.15) is 12.8 Å². The zero-order valence-corrected chi connectivity index (χ0v) is 12.3. The average molecular weight is 354 g/mol. The predicted molar refractivity (Wildman–Crippen MR) is 71.9 cm³/mol. The van der Waals surface area contributed by atoms with E-state index in [1.165, 1.54) is 18.2 Å². The van der Waals surface area contributed by atoms with Crippen molar-refractivity contribution in [2.45, 2.75) is 19.2 Å². The van der Waals surface area contributed by atoms with Crippen molar-refractivity contribution in [3.05, 3.63) is 22.7 Å². The molecule has 1 aromatic carbocycles. The molecule has 0 spiro atoms. The highest BCUT2D eigenvalue weighted by atomic mass is 79.9. The van der Waals surface area contributed by atoms with Crippen molar-refractivity contribution in [3.63, 3.8) is 0 Å². The van der Waals surface area contributed by atoms with Gasteiger partial charge in [-0.2, -0.15) is 0 Å². The van der Waals surface area contributed by atoms with Crippen LogP contribution < -0.4 is 14.8 Å². The first-order valence-electron chi connectivity index (χ1n) is 6.33. The van der Waals surface area contributed by atoms with E-state index in [0.717, 1.165) is 25.9 Å². The van der Waals surface area contributed by atoms with Crippen LogP contribution in [-0.4, -0.2) is 26.1 Å². The van der Waals surface area contributed by atoms with Crippen LogP contribution in [0.4, 0.5) is 13.2 Å². The van der Waals surface area contributed by atoms with E-state index in [1.54, 1.807) is 0 Å². The minimum absolute atomic E-state index is 0.220. The quantitative estimate of drug-likeness (QED) is 0.894. The highest BCUT2D eigenvalue weighted by molar-refractivity contribution is 9.10. The third-order valence-corrected chi connectivity index (χ3v) is 3.69. The Bertz CT molecular complexity index is 448. The van der Waals surface area contributed by atoms with E-state index in [9.17, 15) is 13.2 Å². The summed E-state index contributed by atoms with van der Waals surface area (Å²) in [6.07, 6.45) is -2.59. The average Bonchev–Trinajstić information content (AvgIpc) is 2.39. The van der Waals surface area contributed by atoms with Crippen LogP contribution in [0.2, 0.25) is 0 Å². The molecule has 7 heteroatoms. The lowest BCUT2D eigenvalue weighted by Gasteiger charge is -2.22. The number of alkyl halides is 3. The molecule has 20 heavy (non-hydrogen) atoms. The van der Waals surface area contributed by atoms with Crippen molar-refractivity contribution < 1.29 is 22.6 Å². The summed E-state index contributed by atoms with van der Waals surface area (Å²) in [4.78, 5) is 0. The number of rotatable bonds is 4. The molecular weight excluding hydrogens is 339 g/mol. The van der Waals surface area contributed by atoms with Crippen LogP contribution in [0.15, 0.2) is 22.7 Å². The van der Waals surface area contributed by atoms with E-state index in [0.29, 0.717) is 18.3 Å². The largest absolute Gasteiger partial charge is 0.573 e. The Kier molecular flexibility index (Phi) is 5.15. The number of nitrogens with one attached hydrogen (secondary N) is 1. The molecule has 1 aliphatic heterocycles. The van der Waals surface area contributed by atoms with Crippen molar-refractivity contribution in [1.29, 1.82) is 0 Å². The van der Waals surface area contributed by atoms with Crippen LogP contribution in [-0.2, 0) is 0 Å². The molecule has 0 bridgehead atoms. The topological polar surface area (TPSA) is 30.5 Å². The third kappa shape index (κ3) is 4.86. The van der Waals surface area contributed by atoms with Gasteiger partial charge in [0.15, 0.2) is 0 Å². The molecule has 1 aromatic rings. The van der Waals surface area contributed by atoms with Crippen molar-refractivity contribution in [3.8, 4) is 11.5 Å². The summed E-state index contributed by atoms with van der Waals surface area (Å²) in [5.74, 6) is 0.748. The lowest BCUT2D eigenvalue weighted by atomic mass is 9.99. The molecule has 2 rings (SSSR count). The van der Waals surface area contributed by atoms with Gasteiger partial charge in [-0.05, 0) is 66.0 Å². The number of ether oxygens (including phenoxy) is 2. The molecule has 112 valence electrons. The molecule has 1 saturated heterocycles. The zero-order chi connectivity index (χ0) is 14.6. The first-order chi connectivity index (χ1) is 9.44. The number of piperidine rings is 1. The number of benzene rings is 1. The second-order valence-corrected chi connectivity index (χ2v) is 5.50. The molecular formula is C13H15BrF3NO2. The predicted octanol–water partition coefficient (Wildman–Crippen LogP) is 3.73. The van der Waals surface area contributed by atoms with Gasteiger partial charge in [0.25, 0.3) is 0 Å². The molecule has 1 heterocycles. The summed E-state index contributed by atoms with van der Waals surface area (Å²) in [7, 11) is 0. The van der Waals surface area contributed by atoms with Gasteiger partial charge in [-0.25, -0.2) is 0 Å². The molecule has 1 N–H and O–H groups in total. The Balaban J connectivity index is 1.91. The summed E-state index contributed by atoms with van der Waals surface area (Å²) in [6, 6.07) is 4.21. The van der Waals surface area contributed by atoms with Crippen LogP contribution in [0, 0.1) is 5.92 Å². The highest BCUT2D eigenvalue weighted by Gasteiger charge is 2.32. The Labute approximate surface area is 123 Å². The van der Waals surface area contributed by atoms with Gasteiger partial charge in [-0.1, -0.05) is 0 Å². The van der Waals surface area contributed by atoms with Gasteiger partial charge in [0.1, 0.15) is 11.5 Å². The number of hydrogen-bond donors (Lipinski definition) is 1. The van der Waals surface area contributed by atoms with E-state index in [-0.39, 0.29) is 10.2 Å². The van der Waals surface area contributed by atoms with Crippen LogP contribution >= 0.6 is 15.9 Å². The smallest absolute Gasteiger partial charge is 0.493 e. The Hall–Kier alpha value is -0.950. The van der Waals surface area contributed by atoms with Gasteiger partial charge in [-0.3, -0.25) is 0 Å². The molecule has 1 aliphatic rings. The van der Waals surface area contributed by atoms with E-state index < -0.39 is 6.36 Å². The maximum atomic E-state index is 12.1. The molecule has 0 atom stereocenters. The standard InChI is InChI=1S/C13H15BrF3NO2/c14-11-7-10(1-2-12(11)20-13(15,16)17)19-8-9-3-5-18-6-4-9/h1-2,7,9,18H,3-6,8H2. The van der Waals surface area contributed by atoms with Crippen molar-refractivity contribution in [1.82, 2.24) is 5.32 Å². The van der Waals surface area contributed by atoms with E-state index in [1.807, 2.05) is 0 Å². The first kappa shape index (κ1) is 15.4. The normalized spacial score (nSPS) is 17.0. The highest BCUT2D eigenvalue weighted by Crippen LogP contribution is 2.33. The Morgan fingerprint density at radius 2 is 1.95 bits per heavy atom. The fourth-order valence-electron chi connectivity index (χ4n) is 2.04. The minimum Gasteiger partial charge on any atom is -0.493 e. The summed E-state index contributed by atoms with van der Waals surface area (Å²) in [5, 5.41) is 3.27. The van der Waals surface area contributed by atoms with E-state index in [4.69, 9.17) is 4.74 Å². The van der Waals surface area contributed by atoms with Crippen LogP contribution in [0.5, 0.6) is 11.5 Å². The van der Waals surface area contributed by atoms with Gasteiger partial charge >= 0.3 is 6.36 Å². The number of hydrogen-bond acceptors (Lipinski definition) is 3. The first-order valence-corrected chi connectivity index (χ1v) is 7.12. The molecule has 0 aliphatic carbocycles. The molecule has 0 amide bonds. The molecule has 0 aromatic heterocycles. The Morgan fingerprint density at radius 1 is 1.25 bits per heavy atom. The van der Waals surface area contributed by atoms with Gasteiger partial charge in [0, 0.05) is 0 Å². The molecule has 0 saturated carbocycles. The van der Waals surface area contributed by atoms with Crippen LogP contribution in [0.25, 0.3) is 0 Å². The fraction of sp³-hybridized carbons (Fsp3) is 0.538. The molecule has 0 unspecified atom stereocenters. The number of halogens is 4. The Morgan fingerprint density at radius 3 is 2.55 bits per heavy atom. The fourth-order valence-corrected chi connectivity index (χ4v) is 2.48. The van der Waals surface area contributed by atoms with Crippen molar-refractivity contribution in [2.75, 3.05) is 19.7 Å². The summed E-state index contributed by atoms with van der Waals surface area (Å²) in [5.41, 5.74) is 0. The van der Waals surface area contributed by atoms with Crippen molar-refractivity contribution in [2.24, 2.45) is 5.92 Å². The van der Waals surface area contributed by atoms with Gasteiger partial charge < -0.3 is 14.8 Å². The monoisotopic (exact) mass is 353 g/mol. The molecule has 0 radical (unpaired) electrons. The zero-order valence-electron chi connectivity index (χ0n) is 10.7. The van der Waals surface area contributed by atoms with Gasteiger partial charge in [0.2, 0.25) is 0 Å². The third-order valence-electron chi connectivity index (χ3n) is 3.07. The lowest BCUT2D eigenvalue weighted by molar-refractivity contribution is -0.274. The van der Waals surface area contributed by atoms with E-state index in [2.05, 4.69) is 26.0 Å². The maximum absolute atomic E-state index is 12.1. The maximum Gasteiger partial charge on any atom is 0.573 e. The minimum atomic E-state index is -4.69. The van der Waals surface area contributed by atoms with Crippen molar-refractivity contribution >= 4 is 15.9 Å². The second kappa shape index (κ2) is 6.67. The van der Waals surface area contributed by atoms with Gasteiger partial charge in [-0.15, -0.1) is 13.2 Å².